The summed E-state index contributed by atoms with van der Waals surface area (Å²) >= 11 is 0. The van der Waals surface area contributed by atoms with Crippen LogP contribution in [0.5, 0.6) is 0 Å². The predicted octanol–water partition coefficient (Wildman–Crippen LogP) is 1.15. The van der Waals surface area contributed by atoms with E-state index in [-0.39, 0.29) is 5.75 Å². The number of benzene rings is 1. The van der Waals surface area contributed by atoms with E-state index in [1.165, 1.54) is 0 Å². The molecular weight excluding hydrogens is 236 g/mol. The summed E-state index contributed by atoms with van der Waals surface area (Å²) in [6.45, 7) is 2.87. The van der Waals surface area contributed by atoms with Crippen LogP contribution in [0.2, 0.25) is 0 Å². The lowest BCUT2D eigenvalue weighted by Crippen LogP contribution is -2.26. The molecule has 0 aromatic heterocycles. The molecule has 0 saturated carbocycles. The van der Waals surface area contributed by atoms with Crippen LogP contribution in [0.4, 0.5) is 0 Å². The van der Waals surface area contributed by atoms with E-state index in [9.17, 15) is 8.42 Å². The quantitative estimate of drug-likeness (QED) is 0.719. The van der Waals surface area contributed by atoms with Crippen molar-refractivity contribution in [3.05, 3.63) is 35.4 Å². The van der Waals surface area contributed by atoms with Crippen LogP contribution in [0, 0.1) is 6.92 Å². The van der Waals surface area contributed by atoms with Crippen LogP contribution in [0.25, 0.3) is 0 Å². The van der Waals surface area contributed by atoms with Crippen LogP contribution in [-0.2, 0) is 16.6 Å². The minimum atomic E-state index is -3.17. The fraction of sp³-hybridized carbons (Fsp3) is 0.500. The number of nitrogens with two attached hydrogens (primary N) is 1. The highest BCUT2D eigenvalue weighted by molar-refractivity contribution is 7.89. The second-order valence-electron chi connectivity index (χ2n) is 4.12. The first-order valence-corrected chi connectivity index (χ1v) is 7.42. The Hall–Kier alpha value is -0.910. The molecule has 0 saturated heterocycles. The van der Waals surface area contributed by atoms with Gasteiger partial charge in [0.25, 0.3) is 0 Å². The molecule has 0 radical (unpaired) electrons. The molecule has 1 aromatic carbocycles. The van der Waals surface area contributed by atoms with Crippen LogP contribution in [0.15, 0.2) is 24.3 Å². The lowest BCUT2D eigenvalue weighted by Gasteiger charge is -2.07. The van der Waals surface area contributed by atoms with Crippen LogP contribution in [-0.4, -0.2) is 20.7 Å². The topological polar surface area (TPSA) is 72.2 Å². The summed E-state index contributed by atoms with van der Waals surface area (Å²) in [5.74, 6) is 0.149. The van der Waals surface area contributed by atoms with Gasteiger partial charge in [0.1, 0.15) is 0 Å². The van der Waals surface area contributed by atoms with Crippen molar-refractivity contribution in [3.63, 3.8) is 0 Å². The minimum absolute atomic E-state index is 0.149. The Morgan fingerprint density at radius 3 is 2.71 bits per heavy atom. The predicted molar refractivity (Wildman–Crippen MR) is 70.1 cm³/mol. The maximum atomic E-state index is 11.6. The van der Waals surface area contributed by atoms with Crippen molar-refractivity contribution >= 4 is 10.0 Å². The maximum absolute atomic E-state index is 11.6. The normalized spacial score (nSPS) is 11.6. The third-order valence-electron chi connectivity index (χ3n) is 2.45. The molecule has 5 heteroatoms. The molecule has 17 heavy (non-hydrogen) atoms. The van der Waals surface area contributed by atoms with Crippen LogP contribution in [0.1, 0.15) is 24.0 Å². The van der Waals surface area contributed by atoms with E-state index in [0.717, 1.165) is 17.5 Å². The number of hydrogen-bond donors (Lipinski definition) is 2. The number of nitrogens with one attached hydrogen (secondary N) is 1. The smallest absolute Gasteiger partial charge is 0.211 e. The molecule has 0 spiro atoms. The van der Waals surface area contributed by atoms with Gasteiger partial charge < -0.3 is 5.73 Å². The fourth-order valence-electron chi connectivity index (χ4n) is 1.52. The standard InChI is InChI=1S/C12H20N2O2S/c1-11-5-4-6-12(9-11)10-14-17(15,16)8-3-2-7-13/h4-6,9,14H,2-3,7-8,10,13H2,1H3. The second-order valence-corrected chi connectivity index (χ2v) is 6.05. The van der Waals surface area contributed by atoms with Crippen molar-refractivity contribution in [2.45, 2.75) is 26.3 Å². The van der Waals surface area contributed by atoms with Gasteiger partial charge in [-0.05, 0) is 31.9 Å². The van der Waals surface area contributed by atoms with Crippen molar-refractivity contribution in [2.24, 2.45) is 5.73 Å². The maximum Gasteiger partial charge on any atom is 0.211 e. The van der Waals surface area contributed by atoms with Crippen molar-refractivity contribution in [3.8, 4) is 0 Å². The van der Waals surface area contributed by atoms with E-state index in [1.807, 2.05) is 31.2 Å². The highest BCUT2D eigenvalue weighted by atomic mass is 32.2. The zero-order valence-electron chi connectivity index (χ0n) is 10.1. The molecule has 0 amide bonds. The third kappa shape index (κ3) is 5.81. The van der Waals surface area contributed by atoms with E-state index in [2.05, 4.69) is 4.72 Å². The number of sulfonamides is 1. The molecule has 0 aliphatic rings. The fourth-order valence-corrected chi connectivity index (χ4v) is 2.64. The lowest BCUT2D eigenvalue weighted by atomic mass is 10.1. The van der Waals surface area contributed by atoms with Crippen molar-refractivity contribution in [1.82, 2.24) is 4.72 Å². The lowest BCUT2D eigenvalue weighted by molar-refractivity contribution is 0.577. The molecule has 1 aromatic rings. The first-order chi connectivity index (χ1) is 8.03. The highest BCUT2D eigenvalue weighted by Crippen LogP contribution is 2.04. The summed E-state index contributed by atoms with van der Waals surface area (Å²) in [7, 11) is -3.17. The Morgan fingerprint density at radius 2 is 2.06 bits per heavy atom. The zero-order chi connectivity index (χ0) is 12.7. The number of unbranched alkanes of at least 4 members (excludes halogenated alkanes) is 1. The summed E-state index contributed by atoms with van der Waals surface area (Å²) < 4.78 is 25.8. The highest BCUT2D eigenvalue weighted by Gasteiger charge is 2.08. The van der Waals surface area contributed by atoms with Crippen LogP contribution < -0.4 is 10.5 Å². The minimum Gasteiger partial charge on any atom is -0.330 e. The molecule has 4 nitrogen and oxygen atoms in total. The molecule has 96 valence electrons. The van der Waals surface area contributed by atoms with Gasteiger partial charge in [0.05, 0.1) is 5.75 Å². The molecule has 0 unspecified atom stereocenters. The first-order valence-electron chi connectivity index (χ1n) is 5.76. The van der Waals surface area contributed by atoms with Gasteiger partial charge in [0.15, 0.2) is 0 Å². The number of hydrogen-bond acceptors (Lipinski definition) is 3. The van der Waals surface area contributed by atoms with Gasteiger partial charge in [-0.3, -0.25) is 0 Å². The summed E-state index contributed by atoms with van der Waals surface area (Å²) in [6.07, 6.45) is 1.35. The van der Waals surface area contributed by atoms with Crippen molar-refractivity contribution in [2.75, 3.05) is 12.3 Å². The number of rotatable bonds is 7. The Labute approximate surface area is 103 Å². The Morgan fingerprint density at radius 1 is 1.29 bits per heavy atom. The molecule has 0 aliphatic heterocycles. The monoisotopic (exact) mass is 256 g/mol. The summed E-state index contributed by atoms with van der Waals surface area (Å²) in [5, 5.41) is 0. The van der Waals surface area contributed by atoms with Crippen LogP contribution >= 0.6 is 0 Å². The average Bonchev–Trinajstić information content (AvgIpc) is 2.27. The third-order valence-corrected chi connectivity index (χ3v) is 3.86. The van der Waals surface area contributed by atoms with E-state index >= 15 is 0 Å². The second kappa shape index (κ2) is 6.74. The molecule has 1 rings (SSSR count). The molecule has 0 fully saturated rings. The molecule has 0 heterocycles. The van der Waals surface area contributed by atoms with Gasteiger partial charge >= 0.3 is 0 Å². The van der Waals surface area contributed by atoms with Crippen molar-refractivity contribution < 1.29 is 8.42 Å². The Balaban J connectivity index is 2.44. The SMILES string of the molecule is Cc1cccc(CNS(=O)(=O)CCCCN)c1. The van der Waals surface area contributed by atoms with Crippen LogP contribution in [0.3, 0.4) is 0 Å². The van der Waals surface area contributed by atoms with E-state index in [0.29, 0.717) is 19.5 Å². The van der Waals surface area contributed by atoms with Gasteiger partial charge in [0, 0.05) is 6.54 Å². The largest absolute Gasteiger partial charge is 0.330 e. The Bertz CT molecular complexity index is 444. The van der Waals surface area contributed by atoms with Gasteiger partial charge in [-0.25, -0.2) is 13.1 Å². The van der Waals surface area contributed by atoms with Gasteiger partial charge in [-0.2, -0.15) is 0 Å². The van der Waals surface area contributed by atoms with E-state index < -0.39 is 10.0 Å². The average molecular weight is 256 g/mol. The van der Waals surface area contributed by atoms with Gasteiger partial charge in [-0.15, -0.1) is 0 Å². The first kappa shape index (κ1) is 14.2. The summed E-state index contributed by atoms with van der Waals surface area (Å²) in [6, 6.07) is 7.80. The zero-order valence-corrected chi connectivity index (χ0v) is 11.0. The molecule has 0 atom stereocenters. The molecular formula is C12H20N2O2S. The van der Waals surface area contributed by atoms with Gasteiger partial charge in [0.2, 0.25) is 10.0 Å². The number of aryl methyl sites for hydroxylation is 1. The van der Waals surface area contributed by atoms with Gasteiger partial charge in [-0.1, -0.05) is 29.8 Å². The molecule has 0 bridgehead atoms. The molecule has 0 aliphatic carbocycles. The Kier molecular flexibility index (Phi) is 5.61. The van der Waals surface area contributed by atoms with E-state index in [1.54, 1.807) is 0 Å². The summed E-state index contributed by atoms with van der Waals surface area (Å²) in [5.41, 5.74) is 7.43. The van der Waals surface area contributed by atoms with E-state index in [4.69, 9.17) is 5.73 Å². The summed E-state index contributed by atoms with van der Waals surface area (Å²) in [4.78, 5) is 0. The molecule has 3 N–H and O–H groups in total. The van der Waals surface area contributed by atoms with Crippen molar-refractivity contribution in [1.29, 1.82) is 0 Å².